The van der Waals surface area contributed by atoms with Crippen LogP contribution in [0.25, 0.3) is 0 Å². The van der Waals surface area contributed by atoms with Gasteiger partial charge in [0.05, 0.1) is 12.1 Å². The predicted octanol–water partition coefficient (Wildman–Crippen LogP) is -1.78. The Morgan fingerprint density at radius 2 is 1.80 bits per heavy atom. The molecule has 25 heavy (non-hydrogen) atoms. The van der Waals surface area contributed by atoms with Gasteiger partial charge in [0.25, 0.3) is 0 Å². The van der Waals surface area contributed by atoms with E-state index in [2.05, 4.69) is 0 Å². The molecule has 0 radical (unpaired) electrons. The first-order chi connectivity index (χ1) is 11.7. The normalized spacial score (nSPS) is 27.4. The summed E-state index contributed by atoms with van der Waals surface area (Å²) in [6.45, 7) is 0.226. The molecule has 10 nitrogen and oxygen atoms in total. The molecule has 2 amide bonds. The van der Waals surface area contributed by atoms with E-state index < -0.39 is 48.0 Å². The van der Waals surface area contributed by atoms with E-state index in [1.54, 1.807) is 0 Å². The fraction of sp³-hybridized carbons (Fsp3) is 0.733. The van der Waals surface area contributed by atoms with Crippen LogP contribution in [0.4, 0.5) is 0 Å². The largest absolute Gasteiger partial charge is 0.481 e. The minimum atomic E-state index is -1.20. The fourth-order valence-corrected chi connectivity index (χ4v) is 3.39. The van der Waals surface area contributed by atoms with Crippen molar-refractivity contribution >= 4 is 23.8 Å². The zero-order valence-electron chi connectivity index (χ0n) is 13.7. The molecule has 140 valence electrons. The standard InChI is InChI=1S/C15H23N3O7/c16-9(3-4-12(20)21)13(22)17-5-1-2-10(17)14(23)18-7-8(19)6-11(18)15(24)25/h8-11,19H,1-7,16H2,(H,20,21)(H,24,25)/t8-,9+,10+,11+/m1/s1. The average molecular weight is 357 g/mol. The first kappa shape index (κ1) is 19.1. The molecule has 0 spiro atoms. The van der Waals surface area contributed by atoms with Gasteiger partial charge in [0.1, 0.15) is 12.1 Å². The van der Waals surface area contributed by atoms with E-state index in [0.29, 0.717) is 19.4 Å². The molecule has 2 fully saturated rings. The molecule has 0 saturated carbocycles. The molecule has 2 aliphatic rings. The Labute approximate surface area is 144 Å². The number of likely N-dealkylation sites (tertiary alicyclic amines) is 2. The number of amides is 2. The summed E-state index contributed by atoms with van der Waals surface area (Å²) in [5.74, 6) is -3.28. The number of β-amino-alcohol motifs (C(OH)–C–C–N with tert-alkyl or cyclic N) is 1. The van der Waals surface area contributed by atoms with E-state index in [-0.39, 0.29) is 25.8 Å². The van der Waals surface area contributed by atoms with Gasteiger partial charge in [-0.25, -0.2) is 4.79 Å². The average Bonchev–Trinajstić information content (AvgIpc) is 3.17. The summed E-state index contributed by atoms with van der Waals surface area (Å²) in [6, 6.07) is -2.96. The molecule has 0 aromatic rings. The van der Waals surface area contributed by atoms with Gasteiger partial charge in [-0.05, 0) is 19.3 Å². The van der Waals surface area contributed by atoms with Gasteiger partial charge in [0.15, 0.2) is 0 Å². The minimum absolute atomic E-state index is 0.0360. The quantitative estimate of drug-likeness (QED) is 0.433. The summed E-state index contributed by atoms with van der Waals surface area (Å²) in [5, 5.41) is 27.6. The number of aliphatic carboxylic acids is 2. The zero-order valence-corrected chi connectivity index (χ0v) is 13.7. The van der Waals surface area contributed by atoms with E-state index in [9.17, 15) is 29.4 Å². The summed E-state index contributed by atoms with van der Waals surface area (Å²) in [6.07, 6.45) is -0.282. The second kappa shape index (κ2) is 7.79. The molecule has 0 unspecified atom stereocenters. The molecular weight excluding hydrogens is 334 g/mol. The van der Waals surface area contributed by atoms with Crippen LogP contribution in [0.5, 0.6) is 0 Å². The number of carbonyl (C=O) groups is 4. The number of carboxylic acids is 2. The highest BCUT2D eigenvalue weighted by molar-refractivity contribution is 5.92. The van der Waals surface area contributed by atoms with E-state index >= 15 is 0 Å². The summed E-state index contributed by atoms with van der Waals surface area (Å²) in [5.41, 5.74) is 5.75. The highest BCUT2D eigenvalue weighted by Crippen LogP contribution is 2.26. The number of hydrogen-bond acceptors (Lipinski definition) is 6. The van der Waals surface area contributed by atoms with Crippen molar-refractivity contribution in [3.8, 4) is 0 Å². The Kier molecular flexibility index (Phi) is 5.96. The van der Waals surface area contributed by atoms with Crippen LogP contribution in [0.3, 0.4) is 0 Å². The molecule has 10 heteroatoms. The Balaban J connectivity index is 2.07. The molecular formula is C15H23N3O7. The zero-order chi connectivity index (χ0) is 18.7. The molecule has 2 saturated heterocycles. The second-order valence-corrected chi connectivity index (χ2v) is 6.46. The van der Waals surface area contributed by atoms with Gasteiger partial charge in [0, 0.05) is 25.9 Å². The first-order valence-electron chi connectivity index (χ1n) is 8.21. The minimum Gasteiger partial charge on any atom is -0.481 e. The summed E-state index contributed by atoms with van der Waals surface area (Å²) >= 11 is 0. The smallest absolute Gasteiger partial charge is 0.326 e. The van der Waals surface area contributed by atoms with Gasteiger partial charge in [-0.3, -0.25) is 14.4 Å². The molecule has 2 rings (SSSR count). The third-order valence-electron chi connectivity index (χ3n) is 4.65. The lowest BCUT2D eigenvalue weighted by Crippen LogP contribution is -2.54. The Hall–Kier alpha value is -2.20. The van der Waals surface area contributed by atoms with E-state index in [1.807, 2.05) is 0 Å². The number of aliphatic hydroxyl groups is 1. The van der Waals surface area contributed by atoms with Crippen LogP contribution in [0.2, 0.25) is 0 Å². The van der Waals surface area contributed by atoms with Crippen molar-refractivity contribution in [3.05, 3.63) is 0 Å². The van der Waals surface area contributed by atoms with Crippen molar-refractivity contribution in [2.24, 2.45) is 5.73 Å². The van der Waals surface area contributed by atoms with Crippen LogP contribution in [0.15, 0.2) is 0 Å². The van der Waals surface area contributed by atoms with Crippen molar-refractivity contribution in [2.75, 3.05) is 13.1 Å². The topological polar surface area (TPSA) is 161 Å². The van der Waals surface area contributed by atoms with Gasteiger partial charge in [-0.15, -0.1) is 0 Å². The highest BCUT2D eigenvalue weighted by atomic mass is 16.4. The number of rotatable bonds is 6. The molecule has 5 N–H and O–H groups in total. The number of hydrogen-bond donors (Lipinski definition) is 4. The van der Waals surface area contributed by atoms with Gasteiger partial charge in [-0.1, -0.05) is 0 Å². The monoisotopic (exact) mass is 357 g/mol. The van der Waals surface area contributed by atoms with E-state index in [0.717, 1.165) is 4.90 Å². The number of carboxylic acid groups (broad SMARTS) is 2. The van der Waals surface area contributed by atoms with Crippen LogP contribution < -0.4 is 5.73 Å². The maximum absolute atomic E-state index is 12.7. The summed E-state index contributed by atoms with van der Waals surface area (Å²) < 4.78 is 0. The molecule has 0 aliphatic carbocycles. The second-order valence-electron chi connectivity index (χ2n) is 6.46. The fourth-order valence-electron chi connectivity index (χ4n) is 3.39. The summed E-state index contributed by atoms with van der Waals surface area (Å²) in [4.78, 5) is 49.5. The van der Waals surface area contributed by atoms with Crippen LogP contribution in [0, 0.1) is 0 Å². The van der Waals surface area contributed by atoms with Crippen LogP contribution >= 0.6 is 0 Å². The van der Waals surface area contributed by atoms with Crippen LogP contribution in [-0.2, 0) is 19.2 Å². The first-order valence-corrected chi connectivity index (χ1v) is 8.21. The number of aliphatic hydroxyl groups excluding tert-OH is 1. The van der Waals surface area contributed by atoms with Crippen molar-refractivity contribution in [3.63, 3.8) is 0 Å². The number of carbonyl (C=O) groups excluding carboxylic acids is 2. The Bertz CT molecular complexity index is 567. The van der Waals surface area contributed by atoms with Crippen LogP contribution in [0.1, 0.15) is 32.1 Å². The van der Waals surface area contributed by atoms with Crippen molar-refractivity contribution in [1.82, 2.24) is 9.80 Å². The van der Waals surface area contributed by atoms with Crippen LogP contribution in [-0.4, -0.2) is 86.2 Å². The molecule has 2 heterocycles. The lowest BCUT2D eigenvalue weighted by atomic mass is 10.1. The van der Waals surface area contributed by atoms with Crippen molar-refractivity contribution in [1.29, 1.82) is 0 Å². The molecule has 0 aromatic carbocycles. The Morgan fingerprint density at radius 1 is 1.12 bits per heavy atom. The maximum atomic E-state index is 12.7. The molecule has 4 atom stereocenters. The molecule has 0 bridgehead atoms. The van der Waals surface area contributed by atoms with E-state index in [1.165, 1.54) is 4.90 Å². The molecule has 2 aliphatic heterocycles. The highest BCUT2D eigenvalue weighted by Gasteiger charge is 2.45. The third-order valence-corrected chi connectivity index (χ3v) is 4.65. The maximum Gasteiger partial charge on any atom is 0.326 e. The summed E-state index contributed by atoms with van der Waals surface area (Å²) in [7, 11) is 0. The SMILES string of the molecule is N[C@@H](CCC(=O)O)C(=O)N1CCC[C@H]1C(=O)N1C[C@H](O)C[C@H]1C(=O)O. The van der Waals surface area contributed by atoms with Crippen molar-refractivity contribution in [2.45, 2.75) is 56.3 Å². The Morgan fingerprint density at radius 3 is 2.40 bits per heavy atom. The van der Waals surface area contributed by atoms with Gasteiger partial charge < -0.3 is 30.9 Å². The number of nitrogens with two attached hydrogens (primary N) is 1. The van der Waals surface area contributed by atoms with Gasteiger partial charge in [-0.2, -0.15) is 0 Å². The molecule has 0 aromatic heterocycles. The lowest BCUT2D eigenvalue weighted by Gasteiger charge is -2.31. The lowest BCUT2D eigenvalue weighted by molar-refractivity contribution is -0.152. The van der Waals surface area contributed by atoms with E-state index in [4.69, 9.17) is 10.8 Å². The van der Waals surface area contributed by atoms with Gasteiger partial charge >= 0.3 is 11.9 Å². The number of nitrogens with zero attached hydrogens (tertiary/aromatic N) is 2. The third kappa shape index (κ3) is 4.26. The van der Waals surface area contributed by atoms with Crippen molar-refractivity contribution < 1.29 is 34.5 Å². The van der Waals surface area contributed by atoms with Gasteiger partial charge in [0.2, 0.25) is 11.8 Å². The predicted molar refractivity (Wildman–Crippen MR) is 83.3 cm³/mol.